The van der Waals surface area contributed by atoms with E-state index in [9.17, 15) is 0 Å². The molecule has 0 saturated heterocycles. The molecule has 0 aromatic heterocycles. The van der Waals surface area contributed by atoms with Crippen LogP contribution in [0.1, 0.15) is 2.85 Å². The Kier molecular flexibility index (Phi) is 17.1. The molecule has 0 aliphatic rings. The molecule has 0 heterocycles. The zero-order valence-corrected chi connectivity index (χ0v) is 12.8. The van der Waals surface area contributed by atoms with Crippen molar-refractivity contribution in [1.29, 1.82) is 0 Å². The number of rotatable bonds is 0. The van der Waals surface area contributed by atoms with E-state index in [-0.39, 0.29) is 106 Å². The van der Waals surface area contributed by atoms with Gasteiger partial charge in [-0.1, -0.05) is 0 Å². The van der Waals surface area contributed by atoms with Gasteiger partial charge in [-0.15, -0.1) is 0 Å². The van der Waals surface area contributed by atoms with Gasteiger partial charge in [0.25, 0.3) is 0 Å². The van der Waals surface area contributed by atoms with Gasteiger partial charge in [-0.2, -0.15) is 0 Å². The molecular formula is H2K2O4Os. The van der Waals surface area contributed by atoms with Crippen LogP contribution in [0.2, 0.25) is 0 Å². The van der Waals surface area contributed by atoms with E-state index in [0.717, 1.165) is 0 Å². The zero-order valence-electron chi connectivity index (χ0n) is 5.99. The summed E-state index contributed by atoms with van der Waals surface area (Å²) in [6, 6.07) is 0. The van der Waals surface area contributed by atoms with Gasteiger partial charge in [0.05, 0.1) is 0 Å². The van der Waals surface area contributed by atoms with E-state index in [1.807, 2.05) is 0 Å². The predicted octanol–water partition coefficient (Wildman–Crippen LogP) is -6.24. The van der Waals surface area contributed by atoms with Gasteiger partial charge in [0.1, 0.15) is 0 Å². The Morgan fingerprint density at radius 1 is 0.857 bits per heavy atom. The Morgan fingerprint density at radius 3 is 0.857 bits per heavy atom. The zero-order chi connectivity index (χ0) is 4.50. The molecule has 7 heteroatoms. The van der Waals surface area contributed by atoms with Gasteiger partial charge < -0.3 is 2.85 Å². The van der Waals surface area contributed by atoms with Crippen LogP contribution in [-0.4, -0.2) is 0 Å². The quantitative estimate of drug-likeness (QED) is 0.414. The molecule has 0 amide bonds. The van der Waals surface area contributed by atoms with Crippen LogP contribution in [0.3, 0.4) is 0 Å². The average Bonchev–Trinajstić information content (AvgIpc) is 0.722. The van der Waals surface area contributed by atoms with Gasteiger partial charge in [-0.05, 0) is 0 Å². The van der Waals surface area contributed by atoms with Crippen molar-refractivity contribution < 1.29 is 135 Å². The van der Waals surface area contributed by atoms with Crippen molar-refractivity contribution in [3.8, 4) is 0 Å². The summed E-state index contributed by atoms with van der Waals surface area (Å²) in [7, 11) is 0. The second kappa shape index (κ2) is 7.22. The Morgan fingerprint density at radius 2 is 0.857 bits per heavy atom. The Bertz CT molecular complexity index is 168. The molecule has 0 aromatic carbocycles. The fraction of sp³-hybridized carbons (Fsp3) is 0. The van der Waals surface area contributed by atoms with E-state index in [4.69, 9.17) is 14.2 Å². The van der Waals surface area contributed by atoms with Gasteiger partial charge in [0, 0.05) is 0 Å². The first-order valence-corrected chi connectivity index (χ1v) is 4.73. The third-order valence-corrected chi connectivity index (χ3v) is 0. The molecular weight excluding hydrogens is 332 g/mol. The molecule has 36 valence electrons. The maximum atomic E-state index is 8.63. The molecule has 0 N–H and O–H groups in total. The van der Waals surface area contributed by atoms with Crippen LogP contribution in [0.25, 0.3) is 0 Å². The Hall–Kier alpha value is 3.11. The van der Waals surface area contributed by atoms with E-state index >= 15 is 0 Å². The van der Waals surface area contributed by atoms with Gasteiger partial charge in [-0.25, -0.2) is 0 Å². The summed E-state index contributed by atoms with van der Waals surface area (Å²) in [4.78, 5) is 0. The molecule has 0 unspecified atom stereocenters. The SMILES string of the molecule is [H-].[H-].[K+].[K+].[O]=[Os](=[O])(=[O])=[O]. The minimum absolute atomic E-state index is 0. The topological polar surface area (TPSA) is 68.3 Å². The minimum atomic E-state index is -6.06. The second-order valence-corrected chi connectivity index (χ2v) is 2.89. The van der Waals surface area contributed by atoms with Crippen LogP contribution in [0.5, 0.6) is 0 Å². The van der Waals surface area contributed by atoms with Crippen LogP contribution < -0.4 is 103 Å². The Labute approximate surface area is 131 Å². The summed E-state index contributed by atoms with van der Waals surface area (Å²) in [5.74, 6) is 0. The third kappa shape index (κ3) is 47.6. The van der Waals surface area contributed by atoms with Gasteiger partial charge in [0.15, 0.2) is 0 Å². The first-order chi connectivity index (χ1) is 2.00. The van der Waals surface area contributed by atoms with E-state index in [0.29, 0.717) is 0 Å². The average molecular weight is 334 g/mol. The predicted molar refractivity (Wildman–Crippen MR) is 4.97 cm³/mol. The molecule has 4 nitrogen and oxygen atoms in total. The van der Waals surface area contributed by atoms with E-state index in [2.05, 4.69) is 0 Å². The second-order valence-electron chi connectivity index (χ2n) is 0.354. The van der Waals surface area contributed by atoms with Crippen molar-refractivity contribution in [3.63, 3.8) is 0 Å². The van der Waals surface area contributed by atoms with Crippen LogP contribution >= 0.6 is 0 Å². The fourth-order valence-electron chi connectivity index (χ4n) is 0. The molecule has 0 radical (unpaired) electrons. The first kappa shape index (κ1) is 16.6. The van der Waals surface area contributed by atoms with E-state index < -0.39 is 14.8 Å². The number of hydrogen-bond acceptors (Lipinski definition) is 4. The summed E-state index contributed by atoms with van der Waals surface area (Å²) in [6.07, 6.45) is 0. The van der Waals surface area contributed by atoms with Crippen molar-refractivity contribution in [2.45, 2.75) is 0 Å². The fourth-order valence-corrected chi connectivity index (χ4v) is 0. The molecule has 0 fully saturated rings. The molecule has 0 aliphatic heterocycles. The van der Waals surface area contributed by atoms with Crippen LogP contribution in [-0.2, 0) is 29.0 Å². The maximum absolute atomic E-state index is 8.63. The van der Waals surface area contributed by atoms with Gasteiger partial charge in [-0.3, -0.25) is 0 Å². The summed E-state index contributed by atoms with van der Waals surface area (Å²) < 4.78 is 34.5. The molecule has 0 aliphatic carbocycles. The third-order valence-electron chi connectivity index (χ3n) is 0. The molecule has 0 saturated carbocycles. The van der Waals surface area contributed by atoms with Crippen molar-refractivity contribution in [2.75, 3.05) is 0 Å². The molecule has 0 bridgehead atoms. The van der Waals surface area contributed by atoms with Crippen molar-refractivity contribution in [2.24, 2.45) is 0 Å². The van der Waals surface area contributed by atoms with Crippen molar-refractivity contribution in [1.82, 2.24) is 0 Å². The van der Waals surface area contributed by atoms with Gasteiger partial charge >= 0.3 is 132 Å². The molecule has 0 atom stereocenters. The summed E-state index contributed by atoms with van der Waals surface area (Å²) in [5.41, 5.74) is 0. The molecule has 7 heavy (non-hydrogen) atoms. The molecule has 0 rings (SSSR count). The number of hydrogen-bond donors (Lipinski definition) is 0. The van der Waals surface area contributed by atoms with Crippen LogP contribution in [0.15, 0.2) is 0 Å². The standard InChI is InChI=1S/2K.4O.Os.2H/q2*+1;;;;;;2*-1. The van der Waals surface area contributed by atoms with Crippen molar-refractivity contribution in [3.05, 3.63) is 0 Å². The monoisotopic (exact) mass is 336 g/mol. The molecule has 0 spiro atoms. The summed E-state index contributed by atoms with van der Waals surface area (Å²) in [5, 5.41) is 0. The Balaban J connectivity index is -0.0000000133. The van der Waals surface area contributed by atoms with Crippen LogP contribution in [0, 0.1) is 0 Å². The first-order valence-electron chi connectivity index (χ1n) is 0.577. The van der Waals surface area contributed by atoms with Crippen LogP contribution in [0.4, 0.5) is 0 Å². The summed E-state index contributed by atoms with van der Waals surface area (Å²) >= 11 is -6.06. The van der Waals surface area contributed by atoms with E-state index in [1.165, 1.54) is 0 Å². The van der Waals surface area contributed by atoms with Crippen molar-refractivity contribution >= 4 is 0 Å². The van der Waals surface area contributed by atoms with E-state index in [1.54, 1.807) is 0 Å². The molecule has 0 aromatic rings. The summed E-state index contributed by atoms with van der Waals surface area (Å²) in [6.45, 7) is 0. The normalized spacial score (nSPS) is 8.00. The van der Waals surface area contributed by atoms with Gasteiger partial charge in [0.2, 0.25) is 0 Å².